The van der Waals surface area contributed by atoms with Crippen molar-refractivity contribution in [2.45, 2.75) is 12.0 Å². The Balaban J connectivity index is 0.000000960. The van der Waals surface area contributed by atoms with Crippen LogP contribution >= 0.6 is 24.8 Å². The molecule has 4 heteroatoms. The maximum absolute atomic E-state index is 2.68. The van der Waals surface area contributed by atoms with E-state index in [0.29, 0.717) is 12.0 Å². The standard InChI is InChI=1S/C19H22N2.2ClH/c1-20-11-12-21-13-18(15-7-3-2-4-8-15)16-9-5-6-10-17(16)19(21)14-20;;/h2-10,18-19H,11-14H2,1H3;2*1H/t18-,19+;;/m1../s1. The molecule has 0 N–H and O–H groups in total. The number of hydrogen-bond donors (Lipinski definition) is 0. The Labute approximate surface area is 151 Å². The van der Waals surface area contributed by atoms with E-state index in [2.05, 4.69) is 71.4 Å². The smallest absolute Gasteiger partial charge is 0.0478 e. The van der Waals surface area contributed by atoms with Gasteiger partial charge >= 0.3 is 0 Å². The summed E-state index contributed by atoms with van der Waals surface area (Å²) in [6.45, 7) is 4.66. The van der Waals surface area contributed by atoms with Crippen LogP contribution in [0.3, 0.4) is 0 Å². The Hall–Kier alpha value is -1.06. The molecule has 0 unspecified atom stereocenters. The van der Waals surface area contributed by atoms with Gasteiger partial charge in [0.2, 0.25) is 0 Å². The number of piperazine rings is 1. The van der Waals surface area contributed by atoms with Gasteiger partial charge in [-0.3, -0.25) is 4.90 Å². The van der Waals surface area contributed by atoms with E-state index in [1.165, 1.54) is 29.8 Å². The van der Waals surface area contributed by atoms with Crippen molar-refractivity contribution in [3.05, 3.63) is 71.3 Å². The number of nitrogens with zero attached hydrogens (tertiary/aromatic N) is 2. The maximum Gasteiger partial charge on any atom is 0.0478 e. The van der Waals surface area contributed by atoms with Crippen LogP contribution in [0.4, 0.5) is 0 Å². The van der Waals surface area contributed by atoms with Crippen molar-refractivity contribution < 1.29 is 0 Å². The summed E-state index contributed by atoms with van der Waals surface area (Å²) >= 11 is 0. The molecule has 0 amide bonds. The van der Waals surface area contributed by atoms with Crippen molar-refractivity contribution in [1.82, 2.24) is 9.80 Å². The van der Waals surface area contributed by atoms with Gasteiger partial charge in [-0.2, -0.15) is 0 Å². The van der Waals surface area contributed by atoms with Gasteiger partial charge in [-0.25, -0.2) is 0 Å². The van der Waals surface area contributed by atoms with Crippen LogP contribution in [0.5, 0.6) is 0 Å². The third-order valence-corrected chi connectivity index (χ3v) is 5.04. The quantitative estimate of drug-likeness (QED) is 0.767. The first kappa shape index (κ1) is 18.3. The summed E-state index contributed by atoms with van der Waals surface area (Å²) in [7, 11) is 2.24. The number of benzene rings is 2. The lowest BCUT2D eigenvalue weighted by Crippen LogP contribution is -2.50. The highest BCUT2D eigenvalue weighted by Gasteiger charge is 2.35. The molecule has 0 radical (unpaired) electrons. The first-order valence-corrected chi connectivity index (χ1v) is 7.89. The fraction of sp³-hybridized carbons (Fsp3) is 0.368. The van der Waals surface area contributed by atoms with E-state index in [4.69, 9.17) is 0 Å². The second kappa shape index (κ2) is 7.67. The van der Waals surface area contributed by atoms with Crippen LogP contribution in [0.2, 0.25) is 0 Å². The summed E-state index contributed by atoms with van der Waals surface area (Å²) in [4.78, 5) is 5.14. The van der Waals surface area contributed by atoms with E-state index in [1.54, 1.807) is 0 Å². The van der Waals surface area contributed by atoms with Gasteiger partial charge in [0.1, 0.15) is 0 Å². The number of likely N-dealkylation sites (N-methyl/N-ethyl adjacent to an activating group) is 1. The molecule has 2 aromatic rings. The molecule has 0 saturated carbocycles. The fourth-order valence-electron chi connectivity index (χ4n) is 3.91. The zero-order valence-electron chi connectivity index (χ0n) is 13.4. The third kappa shape index (κ3) is 3.41. The van der Waals surface area contributed by atoms with Crippen LogP contribution in [-0.4, -0.2) is 43.0 Å². The molecule has 1 fully saturated rings. The van der Waals surface area contributed by atoms with Crippen LogP contribution in [0, 0.1) is 0 Å². The molecule has 2 nitrogen and oxygen atoms in total. The van der Waals surface area contributed by atoms with Crippen molar-refractivity contribution in [2.75, 3.05) is 33.2 Å². The van der Waals surface area contributed by atoms with Gasteiger partial charge in [0.05, 0.1) is 0 Å². The Kier molecular flexibility index (Phi) is 6.10. The lowest BCUT2D eigenvalue weighted by molar-refractivity contribution is 0.0772. The molecule has 23 heavy (non-hydrogen) atoms. The molecule has 0 spiro atoms. The van der Waals surface area contributed by atoms with Crippen LogP contribution in [0.1, 0.15) is 28.7 Å². The first-order valence-electron chi connectivity index (χ1n) is 7.89. The Morgan fingerprint density at radius 1 is 0.783 bits per heavy atom. The van der Waals surface area contributed by atoms with E-state index >= 15 is 0 Å². The van der Waals surface area contributed by atoms with E-state index in [0.717, 1.165) is 13.1 Å². The highest BCUT2D eigenvalue weighted by atomic mass is 35.5. The third-order valence-electron chi connectivity index (χ3n) is 5.04. The monoisotopic (exact) mass is 350 g/mol. The summed E-state index contributed by atoms with van der Waals surface area (Å²) in [5.74, 6) is 0.516. The van der Waals surface area contributed by atoms with E-state index in [1.807, 2.05) is 0 Å². The second-order valence-electron chi connectivity index (χ2n) is 6.37. The molecular weight excluding hydrogens is 327 g/mol. The topological polar surface area (TPSA) is 6.48 Å². The molecule has 4 rings (SSSR count). The lowest BCUT2D eigenvalue weighted by Gasteiger charge is -2.46. The number of hydrogen-bond acceptors (Lipinski definition) is 2. The molecule has 2 heterocycles. The minimum absolute atomic E-state index is 0. The summed E-state index contributed by atoms with van der Waals surface area (Å²) in [5, 5.41) is 0. The summed E-state index contributed by atoms with van der Waals surface area (Å²) in [6.07, 6.45) is 0. The van der Waals surface area contributed by atoms with Gasteiger partial charge in [-0.1, -0.05) is 54.6 Å². The molecule has 124 valence electrons. The van der Waals surface area contributed by atoms with Crippen molar-refractivity contribution in [2.24, 2.45) is 0 Å². The number of fused-ring (bicyclic) bond motifs is 3. The van der Waals surface area contributed by atoms with Gasteiger partial charge < -0.3 is 4.90 Å². The van der Waals surface area contributed by atoms with E-state index in [-0.39, 0.29) is 24.8 Å². The zero-order valence-corrected chi connectivity index (χ0v) is 15.0. The lowest BCUT2D eigenvalue weighted by atomic mass is 9.80. The fourth-order valence-corrected chi connectivity index (χ4v) is 3.91. The minimum Gasteiger partial charge on any atom is -0.303 e. The van der Waals surface area contributed by atoms with Gasteiger partial charge in [-0.05, 0) is 23.7 Å². The molecular formula is C19H24Cl2N2. The zero-order chi connectivity index (χ0) is 14.2. The minimum atomic E-state index is 0. The second-order valence-corrected chi connectivity index (χ2v) is 6.37. The number of rotatable bonds is 1. The SMILES string of the molecule is CN1CCN2C[C@H](c3ccccc3)c3ccccc3[C@@H]2C1.Cl.Cl. The van der Waals surface area contributed by atoms with Gasteiger partial charge in [0.25, 0.3) is 0 Å². The maximum atomic E-state index is 2.68. The van der Waals surface area contributed by atoms with Gasteiger partial charge in [-0.15, -0.1) is 24.8 Å². The first-order chi connectivity index (χ1) is 10.3. The van der Waals surface area contributed by atoms with Crippen molar-refractivity contribution in [3.8, 4) is 0 Å². The molecule has 0 bridgehead atoms. The summed E-state index contributed by atoms with van der Waals surface area (Å²) in [5.41, 5.74) is 4.51. The normalized spacial score (nSPS) is 23.9. The van der Waals surface area contributed by atoms with Gasteiger partial charge in [0.15, 0.2) is 0 Å². The molecule has 2 aromatic carbocycles. The highest BCUT2D eigenvalue weighted by Crippen LogP contribution is 2.40. The van der Waals surface area contributed by atoms with E-state index in [9.17, 15) is 0 Å². The Morgan fingerprint density at radius 3 is 2.17 bits per heavy atom. The van der Waals surface area contributed by atoms with Crippen molar-refractivity contribution in [1.29, 1.82) is 0 Å². The molecule has 0 aliphatic carbocycles. The van der Waals surface area contributed by atoms with Crippen LogP contribution < -0.4 is 0 Å². The van der Waals surface area contributed by atoms with E-state index < -0.39 is 0 Å². The molecule has 0 aromatic heterocycles. The molecule has 2 aliphatic rings. The van der Waals surface area contributed by atoms with Crippen molar-refractivity contribution >= 4 is 24.8 Å². The Morgan fingerprint density at radius 2 is 1.43 bits per heavy atom. The predicted molar refractivity (Wildman–Crippen MR) is 101 cm³/mol. The van der Waals surface area contributed by atoms with Crippen LogP contribution in [0.25, 0.3) is 0 Å². The average molecular weight is 351 g/mol. The predicted octanol–water partition coefficient (Wildman–Crippen LogP) is 3.96. The largest absolute Gasteiger partial charge is 0.303 e. The van der Waals surface area contributed by atoms with Gasteiger partial charge in [0, 0.05) is 38.1 Å². The average Bonchev–Trinajstić information content (AvgIpc) is 2.55. The Bertz CT molecular complexity index is 632. The molecule has 2 aliphatic heterocycles. The van der Waals surface area contributed by atoms with Crippen LogP contribution in [-0.2, 0) is 0 Å². The summed E-state index contributed by atoms with van der Waals surface area (Å²) in [6, 6.07) is 20.6. The van der Waals surface area contributed by atoms with Crippen molar-refractivity contribution in [3.63, 3.8) is 0 Å². The van der Waals surface area contributed by atoms with Crippen LogP contribution in [0.15, 0.2) is 54.6 Å². The number of halogens is 2. The molecule has 1 saturated heterocycles. The molecule has 2 atom stereocenters. The summed E-state index contributed by atoms with van der Waals surface area (Å²) < 4.78 is 0. The highest BCUT2D eigenvalue weighted by molar-refractivity contribution is 5.85.